The Morgan fingerprint density at radius 1 is 1.36 bits per heavy atom. The maximum atomic E-state index is 12.1. The van der Waals surface area contributed by atoms with Crippen LogP contribution in [0.25, 0.3) is 0 Å². The summed E-state index contributed by atoms with van der Waals surface area (Å²) < 4.78 is 0. The highest BCUT2D eigenvalue weighted by Crippen LogP contribution is 2.25. The number of aromatic nitrogens is 1. The van der Waals surface area contributed by atoms with Gasteiger partial charge < -0.3 is 15.2 Å². The minimum Gasteiger partial charge on any atom is -0.354 e. The Morgan fingerprint density at radius 2 is 2.05 bits per heavy atom. The quantitative estimate of drug-likeness (QED) is 0.876. The van der Waals surface area contributed by atoms with Crippen molar-refractivity contribution in [2.75, 3.05) is 13.1 Å². The zero-order valence-electron chi connectivity index (χ0n) is 13.5. The van der Waals surface area contributed by atoms with E-state index in [1.165, 1.54) is 12.1 Å². The van der Waals surface area contributed by atoms with Gasteiger partial charge in [-0.25, -0.2) is 0 Å². The zero-order chi connectivity index (χ0) is 16.5. The number of pyridine rings is 1. The number of nitrogens with one attached hydrogen (secondary N) is 2. The first kappa shape index (κ1) is 16.3. The maximum absolute atomic E-state index is 12.1. The predicted molar refractivity (Wildman–Crippen MR) is 83.7 cm³/mol. The van der Waals surface area contributed by atoms with Crippen molar-refractivity contribution < 1.29 is 9.59 Å². The summed E-state index contributed by atoms with van der Waals surface area (Å²) in [7, 11) is 0. The zero-order valence-corrected chi connectivity index (χ0v) is 13.5. The van der Waals surface area contributed by atoms with Gasteiger partial charge in [0.1, 0.15) is 5.69 Å². The highest BCUT2D eigenvalue weighted by Gasteiger charge is 2.36. The van der Waals surface area contributed by atoms with E-state index in [4.69, 9.17) is 0 Å². The average molecular weight is 305 g/mol. The van der Waals surface area contributed by atoms with Crippen LogP contribution < -0.4 is 10.7 Å². The minimum absolute atomic E-state index is 0.104. The van der Waals surface area contributed by atoms with Crippen LogP contribution in [-0.2, 0) is 4.79 Å². The molecule has 0 bridgehead atoms. The fraction of sp³-hybridized carbons (Fsp3) is 0.562. The van der Waals surface area contributed by atoms with Gasteiger partial charge in [-0.05, 0) is 27.7 Å². The number of hydrogen-bond donors (Lipinski definition) is 2. The number of carbonyl (C=O) groups excluding carboxylic acids is 2. The standard InChI is InChI=1S/C16H23N3O3/c1-10-5-12(20)7-13(18-10)15(22)17-8-11-6-14(21)19(9-11)16(2,3)4/h5,7,11H,6,8-9H2,1-4H3,(H,17,22)(H,18,20). The van der Waals surface area contributed by atoms with E-state index < -0.39 is 0 Å². The molecule has 1 aromatic rings. The van der Waals surface area contributed by atoms with Gasteiger partial charge in [0.05, 0.1) is 0 Å². The molecule has 0 saturated carbocycles. The summed E-state index contributed by atoms with van der Waals surface area (Å²) >= 11 is 0. The highest BCUT2D eigenvalue weighted by molar-refractivity contribution is 5.92. The van der Waals surface area contributed by atoms with Gasteiger partial charge >= 0.3 is 0 Å². The van der Waals surface area contributed by atoms with Gasteiger partial charge in [0.15, 0.2) is 5.43 Å². The lowest BCUT2D eigenvalue weighted by molar-refractivity contribution is -0.131. The van der Waals surface area contributed by atoms with Crippen LogP contribution in [0.15, 0.2) is 16.9 Å². The summed E-state index contributed by atoms with van der Waals surface area (Å²) in [6.45, 7) is 8.81. The van der Waals surface area contributed by atoms with Gasteiger partial charge in [-0.15, -0.1) is 0 Å². The molecule has 1 atom stereocenters. The number of carbonyl (C=O) groups is 2. The lowest BCUT2D eigenvalue weighted by Crippen LogP contribution is -2.42. The molecule has 2 heterocycles. The molecule has 6 heteroatoms. The second kappa shape index (κ2) is 5.94. The molecule has 1 saturated heterocycles. The number of nitrogens with zero attached hydrogens (tertiary/aromatic N) is 1. The number of amides is 2. The first-order valence-corrected chi connectivity index (χ1v) is 7.46. The van der Waals surface area contributed by atoms with Gasteiger partial charge in [-0.1, -0.05) is 0 Å². The lowest BCUT2D eigenvalue weighted by Gasteiger charge is -2.32. The van der Waals surface area contributed by atoms with Crippen molar-refractivity contribution in [2.24, 2.45) is 5.92 Å². The number of aryl methyl sites for hydroxylation is 1. The van der Waals surface area contributed by atoms with Crippen molar-refractivity contribution in [3.8, 4) is 0 Å². The second-order valence-corrected chi connectivity index (χ2v) is 6.87. The molecule has 0 radical (unpaired) electrons. The summed E-state index contributed by atoms with van der Waals surface area (Å²) in [4.78, 5) is 40.2. The van der Waals surface area contributed by atoms with Gasteiger partial charge in [-0.3, -0.25) is 14.4 Å². The fourth-order valence-corrected chi connectivity index (χ4v) is 2.70. The second-order valence-electron chi connectivity index (χ2n) is 6.87. The summed E-state index contributed by atoms with van der Waals surface area (Å²) in [5.74, 6) is -0.0922. The van der Waals surface area contributed by atoms with E-state index in [2.05, 4.69) is 10.3 Å². The van der Waals surface area contributed by atoms with E-state index in [1.54, 1.807) is 6.92 Å². The van der Waals surface area contributed by atoms with Crippen molar-refractivity contribution in [2.45, 2.75) is 39.7 Å². The van der Waals surface area contributed by atoms with E-state index >= 15 is 0 Å². The number of rotatable bonds is 3. The number of likely N-dealkylation sites (tertiary alicyclic amines) is 1. The summed E-state index contributed by atoms with van der Waals surface area (Å²) in [6.07, 6.45) is 0.446. The van der Waals surface area contributed by atoms with E-state index in [-0.39, 0.29) is 34.4 Å². The number of H-pyrrole nitrogens is 1. The molecule has 0 spiro atoms. The predicted octanol–water partition coefficient (Wildman–Crippen LogP) is 1.06. The first-order valence-electron chi connectivity index (χ1n) is 7.46. The Hall–Kier alpha value is -2.11. The van der Waals surface area contributed by atoms with Gasteiger partial charge in [0.2, 0.25) is 5.91 Å². The van der Waals surface area contributed by atoms with Crippen LogP contribution in [0, 0.1) is 12.8 Å². The van der Waals surface area contributed by atoms with Gasteiger partial charge in [0, 0.05) is 48.8 Å². The lowest BCUT2D eigenvalue weighted by atomic mass is 10.1. The van der Waals surface area contributed by atoms with Crippen LogP contribution in [0.2, 0.25) is 0 Å². The molecule has 2 rings (SSSR count). The van der Waals surface area contributed by atoms with Crippen LogP contribution in [0.4, 0.5) is 0 Å². The van der Waals surface area contributed by atoms with Crippen molar-refractivity contribution in [1.29, 1.82) is 0 Å². The monoisotopic (exact) mass is 305 g/mol. The molecule has 6 nitrogen and oxygen atoms in total. The molecule has 0 aromatic carbocycles. The molecule has 2 amide bonds. The Bertz CT molecular complexity index is 643. The van der Waals surface area contributed by atoms with Gasteiger partial charge in [-0.2, -0.15) is 0 Å². The van der Waals surface area contributed by atoms with Crippen molar-refractivity contribution in [1.82, 2.24) is 15.2 Å². The average Bonchev–Trinajstić information content (AvgIpc) is 2.76. The Balaban J connectivity index is 1.95. The van der Waals surface area contributed by atoms with Crippen molar-refractivity contribution >= 4 is 11.8 Å². The molecule has 2 N–H and O–H groups in total. The molecule has 1 unspecified atom stereocenters. The molecular weight excluding hydrogens is 282 g/mol. The first-order chi connectivity index (χ1) is 10.2. The third-order valence-electron chi connectivity index (χ3n) is 3.79. The largest absolute Gasteiger partial charge is 0.354 e. The van der Waals surface area contributed by atoms with Crippen LogP contribution in [0.3, 0.4) is 0 Å². The third kappa shape index (κ3) is 3.75. The SMILES string of the molecule is Cc1cc(=O)cc(C(=O)NCC2CC(=O)N(C(C)(C)C)C2)[nH]1. The molecule has 1 aliphatic rings. The van der Waals surface area contributed by atoms with Crippen LogP contribution in [-0.4, -0.2) is 40.3 Å². The minimum atomic E-state index is -0.317. The van der Waals surface area contributed by atoms with Crippen molar-refractivity contribution in [3.05, 3.63) is 33.7 Å². The summed E-state index contributed by atoms with van der Waals surface area (Å²) in [5.41, 5.74) is 0.503. The highest BCUT2D eigenvalue weighted by atomic mass is 16.2. The van der Waals surface area contributed by atoms with E-state index in [9.17, 15) is 14.4 Å². The van der Waals surface area contributed by atoms with E-state index in [1.807, 2.05) is 25.7 Å². The molecule has 22 heavy (non-hydrogen) atoms. The molecule has 0 aliphatic carbocycles. The molecule has 1 aliphatic heterocycles. The maximum Gasteiger partial charge on any atom is 0.267 e. The van der Waals surface area contributed by atoms with E-state index in [0.717, 1.165) is 0 Å². The Kier molecular flexibility index (Phi) is 4.39. The Labute approximate surface area is 129 Å². The molecule has 120 valence electrons. The van der Waals surface area contributed by atoms with Crippen LogP contribution >= 0.6 is 0 Å². The molecule has 1 aromatic heterocycles. The summed E-state index contributed by atoms with van der Waals surface area (Å²) in [6, 6.07) is 2.72. The van der Waals surface area contributed by atoms with Crippen LogP contribution in [0.1, 0.15) is 43.4 Å². The molecule has 1 fully saturated rings. The smallest absolute Gasteiger partial charge is 0.267 e. The topological polar surface area (TPSA) is 82.3 Å². The Morgan fingerprint density at radius 3 is 2.59 bits per heavy atom. The number of hydrogen-bond acceptors (Lipinski definition) is 3. The third-order valence-corrected chi connectivity index (χ3v) is 3.79. The molecular formula is C16H23N3O3. The van der Waals surface area contributed by atoms with E-state index in [0.29, 0.717) is 25.2 Å². The van der Waals surface area contributed by atoms with Crippen LogP contribution in [0.5, 0.6) is 0 Å². The fourth-order valence-electron chi connectivity index (χ4n) is 2.70. The normalized spacial score (nSPS) is 18.6. The number of aromatic amines is 1. The van der Waals surface area contributed by atoms with Crippen molar-refractivity contribution in [3.63, 3.8) is 0 Å². The van der Waals surface area contributed by atoms with Gasteiger partial charge in [0.25, 0.3) is 5.91 Å². The summed E-state index contributed by atoms with van der Waals surface area (Å²) in [5, 5.41) is 2.80.